The molecule has 0 aliphatic rings. The van der Waals surface area contributed by atoms with Crippen molar-refractivity contribution in [3.63, 3.8) is 0 Å². The Hall–Kier alpha value is -0.160. The molecule has 0 saturated carbocycles. The molecular formula is C43H92N4. The van der Waals surface area contributed by atoms with Gasteiger partial charge in [0.2, 0.25) is 0 Å². The molecule has 0 bridgehead atoms. The molecule has 0 spiro atoms. The van der Waals surface area contributed by atoms with Gasteiger partial charge in [-0.15, -0.1) is 0 Å². The molecule has 0 radical (unpaired) electrons. The van der Waals surface area contributed by atoms with Crippen LogP contribution >= 0.6 is 0 Å². The molecule has 0 unspecified atom stereocenters. The van der Waals surface area contributed by atoms with Gasteiger partial charge in [0.25, 0.3) is 0 Å². The first-order valence-electron chi connectivity index (χ1n) is 22.1. The third-order valence-corrected chi connectivity index (χ3v) is 10.2. The number of hydrogen-bond acceptors (Lipinski definition) is 4. The second-order valence-electron chi connectivity index (χ2n) is 15.0. The van der Waals surface area contributed by atoms with E-state index in [-0.39, 0.29) is 0 Å². The summed E-state index contributed by atoms with van der Waals surface area (Å²) in [5.74, 6) is 0. The fourth-order valence-electron chi connectivity index (χ4n) is 6.93. The lowest BCUT2D eigenvalue weighted by molar-refractivity contribution is 0.197. The first-order valence-corrected chi connectivity index (χ1v) is 22.1. The van der Waals surface area contributed by atoms with Crippen LogP contribution in [0.2, 0.25) is 0 Å². The Morgan fingerprint density at radius 2 is 0.532 bits per heavy atom. The van der Waals surface area contributed by atoms with Gasteiger partial charge in [0.1, 0.15) is 0 Å². The van der Waals surface area contributed by atoms with Crippen LogP contribution in [0.4, 0.5) is 0 Å². The second-order valence-corrected chi connectivity index (χ2v) is 15.0. The van der Waals surface area contributed by atoms with Crippen molar-refractivity contribution in [1.29, 1.82) is 0 Å². The highest BCUT2D eigenvalue weighted by Gasteiger charge is 2.09. The molecule has 0 aromatic rings. The van der Waals surface area contributed by atoms with E-state index in [2.05, 4.69) is 48.1 Å². The van der Waals surface area contributed by atoms with Crippen molar-refractivity contribution in [3.05, 3.63) is 0 Å². The van der Waals surface area contributed by atoms with Crippen LogP contribution in [0.15, 0.2) is 0 Å². The lowest BCUT2D eigenvalue weighted by Gasteiger charge is -2.28. The van der Waals surface area contributed by atoms with E-state index in [1.165, 1.54) is 245 Å². The van der Waals surface area contributed by atoms with E-state index in [1.807, 2.05) is 0 Å². The Balaban J connectivity index is 4.22. The van der Waals surface area contributed by atoms with Crippen LogP contribution in [0.25, 0.3) is 0 Å². The SMILES string of the molecule is CCCCCCCCCCCCCN(CCCCCCCCCCCC)CCN(CCC)CCNCCCCCCNCCCCC. The fraction of sp³-hybridized carbons (Fsp3) is 1.00. The lowest BCUT2D eigenvalue weighted by Crippen LogP contribution is -2.39. The summed E-state index contributed by atoms with van der Waals surface area (Å²) in [6.07, 6.45) is 40.9. The van der Waals surface area contributed by atoms with Gasteiger partial charge in [-0.3, -0.25) is 0 Å². The Kier molecular flexibility index (Phi) is 41.9. The average Bonchev–Trinajstić information content (AvgIpc) is 3.08. The maximum absolute atomic E-state index is 3.76. The van der Waals surface area contributed by atoms with Gasteiger partial charge in [-0.25, -0.2) is 0 Å². The van der Waals surface area contributed by atoms with E-state index in [1.54, 1.807) is 0 Å². The molecule has 0 saturated heterocycles. The van der Waals surface area contributed by atoms with Gasteiger partial charge in [0, 0.05) is 26.2 Å². The molecule has 0 aromatic carbocycles. The quantitative estimate of drug-likeness (QED) is 0.0636. The summed E-state index contributed by atoms with van der Waals surface area (Å²) in [6, 6.07) is 0. The van der Waals surface area contributed by atoms with Gasteiger partial charge < -0.3 is 20.4 Å². The van der Waals surface area contributed by atoms with Crippen molar-refractivity contribution < 1.29 is 0 Å². The molecule has 0 aromatic heterocycles. The van der Waals surface area contributed by atoms with Crippen LogP contribution in [-0.4, -0.2) is 75.2 Å². The smallest absolute Gasteiger partial charge is 0.0110 e. The normalized spacial score (nSPS) is 11.9. The molecule has 0 aliphatic heterocycles. The van der Waals surface area contributed by atoms with Crippen LogP contribution in [-0.2, 0) is 0 Å². The number of hydrogen-bond donors (Lipinski definition) is 2. The molecular weight excluding hydrogens is 573 g/mol. The van der Waals surface area contributed by atoms with Crippen molar-refractivity contribution in [3.8, 4) is 0 Å². The minimum Gasteiger partial charge on any atom is -0.317 e. The molecule has 4 heteroatoms. The van der Waals surface area contributed by atoms with E-state index in [0.717, 1.165) is 6.54 Å². The Bertz CT molecular complexity index is 542. The van der Waals surface area contributed by atoms with E-state index >= 15 is 0 Å². The molecule has 4 nitrogen and oxygen atoms in total. The molecule has 0 aliphatic carbocycles. The van der Waals surface area contributed by atoms with E-state index in [9.17, 15) is 0 Å². The third kappa shape index (κ3) is 38.5. The van der Waals surface area contributed by atoms with E-state index < -0.39 is 0 Å². The molecule has 284 valence electrons. The maximum atomic E-state index is 3.76. The van der Waals surface area contributed by atoms with Crippen molar-refractivity contribution >= 4 is 0 Å². The van der Waals surface area contributed by atoms with Gasteiger partial charge in [0.15, 0.2) is 0 Å². The Morgan fingerprint density at radius 3 is 0.936 bits per heavy atom. The minimum absolute atomic E-state index is 1.15. The van der Waals surface area contributed by atoms with Crippen LogP contribution in [0.3, 0.4) is 0 Å². The van der Waals surface area contributed by atoms with Crippen LogP contribution in [0, 0.1) is 0 Å². The predicted molar refractivity (Wildman–Crippen MR) is 215 cm³/mol. The lowest BCUT2D eigenvalue weighted by atomic mass is 10.1. The highest BCUT2D eigenvalue weighted by Crippen LogP contribution is 2.13. The zero-order valence-electron chi connectivity index (χ0n) is 33.5. The van der Waals surface area contributed by atoms with E-state index in [0.29, 0.717) is 0 Å². The highest BCUT2D eigenvalue weighted by molar-refractivity contribution is 4.66. The predicted octanol–water partition coefficient (Wildman–Crippen LogP) is 12.2. The average molecular weight is 665 g/mol. The third-order valence-electron chi connectivity index (χ3n) is 10.2. The first kappa shape index (κ1) is 46.8. The fourth-order valence-corrected chi connectivity index (χ4v) is 6.93. The van der Waals surface area contributed by atoms with Crippen LogP contribution < -0.4 is 10.6 Å². The van der Waals surface area contributed by atoms with Gasteiger partial charge >= 0.3 is 0 Å². The van der Waals surface area contributed by atoms with Gasteiger partial charge in [-0.2, -0.15) is 0 Å². The molecule has 2 N–H and O–H groups in total. The first-order chi connectivity index (χ1) is 23.3. The zero-order chi connectivity index (χ0) is 34.1. The molecule has 47 heavy (non-hydrogen) atoms. The standard InChI is InChI=1S/C43H92N4/c1-5-9-12-14-16-18-20-22-24-28-33-40-47(39-32-27-23-21-19-17-15-13-10-6-2)43-42-46(38-8-4)41-37-45-36-31-26-25-30-35-44-34-29-11-7-3/h44-45H,5-43H2,1-4H3. The topological polar surface area (TPSA) is 30.5 Å². The van der Waals surface area contributed by atoms with Crippen LogP contribution in [0.5, 0.6) is 0 Å². The number of unbranched alkanes of at least 4 members (excludes halogenated alkanes) is 24. The summed E-state index contributed by atoms with van der Waals surface area (Å²) < 4.78 is 0. The van der Waals surface area contributed by atoms with Crippen molar-refractivity contribution in [2.45, 2.75) is 214 Å². The Labute approximate surface area is 299 Å². The maximum Gasteiger partial charge on any atom is 0.0110 e. The Morgan fingerprint density at radius 1 is 0.234 bits per heavy atom. The van der Waals surface area contributed by atoms with Crippen molar-refractivity contribution in [2.75, 3.05) is 65.4 Å². The molecule has 0 heterocycles. The number of nitrogens with one attached hydrogen (secondary N) is 2. The molecule has 0 amide bonds. The number of nitrogens with zero attached hydrogens (tertiary/aromatic N) is 2. The summed E-state index contributed by atoms with van der Waals surface area (Å²) in [5.41, 5.74) is 0. The summed E-state index contributed by atoms with van der Waals surface area (Å²) in [4.78, 5) is 5.58. The summed E-state index contributed by atoms with van der Waals surface area (Å²) in [6.45, 7) is 21.6. The van der Waals surface area contributed by atoms with Crippen molar-refractivity contribution in [2.24, 2.45) is 0 Å². The monoisotopic (exact) mass is 665 g/mol. The summed E-state index contributed by atoms with van der Waals surface area (Å²) >= 11 is 0. The molecule has 0 fully saturated rings. The summed E-state index contributed by atoms with van der Waals surface area (Å²) in [7, 11) is 0. The van der Waals surface area contributed by atoms with E-state index in [4.69, 9.17) is 0 Å². The van der Waals surface area contributed by atoms with Gasteiger partial charge in [-0.1, -0.05) is 175 Å². The van der Waals surface area contributed by atoms with Crippen LogP contribution in [0.1, 0.15) is 214 Å². The van der Waals surface area contributed by atoms with Crippen molar-refractivity contribution in [1.82, 2.24) is 20.4 Å². The van der Waals surface area contributed by atoms with Gasteiger partial charge in [0.05, 0.1) is 0 Å². The largest absolute Gasteiger partial charge is 0.317 e. The molecule has 0 rings (SSSR count). The highest BCUT2D eigenvalue weighted by atomic mass is 15.2. The summed E-state index contributed by atoms with van der Waals surface area (Å²) in [5, 5.41) is 7.37. The van der Waals surface area contributed by atoms with Gasteiger partial charge in [-0.05, 0) is 77.8 Å². The minimum atomic E-state index is 1.15. The zero-order valence-corrected chi connectivity index (χ0v) is 33.5. The molecule has 0 atom stereocenters. The second kappa shape index (κ2) is 42.0. The number of rotatable bonds is 42.